The van der Waals surface area contributed by atoms with E-state index in [9.17, 15) is 26.4 Å². The van der Waals surface area contributed by atoms with Crippen LogP contribution in [0.1, 0.15) is 41.5 Å². The van der Waals surface area contributed by atoms with Crippen molar-refractivity contribution in [3.63, 3.8) is 0 Å². The zero-order chi connectivity index (χ0) is 27.5. The maximum atomic E-state index is 12.8. The van der Waals surface area contributed by atoms with Crippen molar-refractivity contribution in [2.45, 2.75) is 38.2 Å². The number of sulfonamides is 1. The molecule has 200 valence electrons. The first kappa shape index (κ1) is 27.2. The lowest BCUT2D eigenvalue weighted by Gasteiger charge is -2.13. The normalized spacial score (nSPS) is 12.0. The van der Waals surface area contributed by atoms with Gasteiger partial charge in [0.1, 0.15) is 11.6 Å². The van der Waals surface area contributed by atoms with Gasteiger partial charge >= 0.3 is 15.5 Å². The smallest absolute Gasteiger partial charge is 0.497 e. The molecule has 0 aliphatic carbocycles. The zero-order valence-corrected chi connectivity index (χ0v) is 21.6. The molecule has 1 aromatic heterocycles. The third-order valence-corrected chi connectivity index (χ3v) is 7.16. The number of carbonyl (C=O) groups is 1. The summed E-state index contributed by atoms with van der Waals surface area (Å²) in [6, 6.07) is 18.8. The van der Waals surface area contributed by atoms with Crippen molar-refractivity contribution in [3.05, 3.63) is 83.7 Å². The average molecular weight is 546 g/mol. The summed E-state index contributed by atoms with van der Waals surface area (Å²) in [5, 5.41) is 0. The summed E-state index contributed by atoms with van der Waals surface area (Å²) in [6.45, 7) is 2.64. The summed E-state index contributed by atoms with van der Waals surface area (Å²) in [5.74, 6) is 0.312. The van der Waals surface area contributed by atoms with Crippen LogP contribution in [0.25, 0.3) is 22.2 Å². The molecule has 3 aromatic carbocycles. The van der Waals surface area contributed by atoms with Gasteiger partial charge in [0.15, 0.2) is 0 Å². The molecule has 0 fully saturated rings. The van der Waals surface area contributed by atoms with Crippen LogP contribution in [0.3, 0.4) is 0 Å². The maximum Gasteiger partial charge on any atom is 0.516 e. The molecule has 0 aliphatic heterocycles. The number of ether oxygens (including phenoxy) is 1. The molecule has 11 heteroatoms. The van der Waals surface area contributed by atoms with E-state index >= 15 is 0 Å². The summed E-state index contributed by atoms with van der Waals surface area (Å²) >= 11 is 0. The molecule has 0 radical (unpaired) electrons. The number of rotatable bonds is 9. The number of carbonyl (C=O) groups excluding carboxylic acids is 1. The van der Waals surface area contributed by atoms with Crippen LogP contribution in [0, 0.1) is 0 Å². The molecule has 38 heavy (non-hydrogen) atoms. The summed E-state index contributed by atoms with van der Waals surface area (Å²) < 4.78 is 69.7. The Kier molecular flexibility index (Phi) is 7.77. The van der Waals surface area contributed by atoms with Crippen molar-refractivity contribution < 1.29 is 31.1 Å². The first-order valence-electron chi connectivity index (χ1n) is 11.9. The molecular formula is C27H26F3N3O4S. The highest BCUT2D eigenvalue weighted by molar-refractivity contribution is 7.90. The SMILES string of the molecule is CCCCc1nc2ccc(OC)cc2n1Cc1ccc(-c2ccccc2C(=O)NS(=O)(=O)C(F)(F)F)cc1. The number of fused-ring (bicyclic) bond motifs is 1. The minimum atomic E-state index is -5.83. The van der Waals surface area contributed by atoms with Crippen molar-refractivity contribution in [1.82, 2.24) is 14.3 Å². The second-order valence-corrected chi connectivity index (χ2v) is 10.4. The number of benzene rings is 3. The van der Waals surface area contributed by atoms with Gasteiger partial charge in [0.25, 0.3) is 5.91 Å². The molecule has 0 saturated heterocycles. The van der Waals surface area contributed by atoms with Crippen LogP contribution in [0.5, 0.6) is 5.75 Å². The van der Waals surface area contributed by atoms with Crippen LogP contribution in [-0.2, 0) is 23.0 Å². The Hall–Kier alpha value is -3.86. The molecule has 0 spiro atoms. The number of unbranched alkanes of at least 4 members (excludes halogenated alkanes) is 1. The fourth-order valence-corrected chi connectivity index (χ4v) is 4.59. The number of halogens is 3. The molecule has 4 rings (SSSR count). The minimum absolute atomic E-state index is 0.192. The van der Waals surface area contributed by atoms with Gasteiger partial charge < -0.3 is 9.30 Å². The highest BCUT2D eigenvalue weighted by Crippen LogP contribution is 2.28. The van der Waals surface area contributed by atoms with Gasteiger partial charge in [-0.3, -0.25) is 4.79 Å². The van der Waals surface area contributed by atoms with Crippen LogP contribution < -0.4 is 9.46 Å². The van der Waals surface area contributed by atoms with Gasteiger partial charge in [0.2, 0.25) is 0 Å². The van der Waals surface area contributed by atoms with Gasteiger partial charge in [-0.1, -0.05) is 55.8 Å². The maximum absolute atomic E-state index is 12.8. The van der Waals surface area contributed by atoms with Gasteiger partial charge in [0.05, 0.1) is 18.1 Å². The minimum Gasteiger partial charge on any atom is -0.497 e. The largest absolute Gasteiger partial charge is 0.516 e. The fourth-order valence-electron chi connectivity index (χ4n) is 4.12. The molecule has 0 saturated carbocycles. The molecule has 1 N–H and O–H groups in total. The Balaban J connectivity index is 1.64. The number of aromatic nitrogens is 2. The zero-order valence-electron chi connectivity index (χ0n) is 20.7. The number of nitrogens with zero attached hydrogens (tertiary/aromatic N) is 2. The van der Waals surface area contributed by atoms with Gasteiger partial charge in [0, 0.05) is 24.6 Å². The summed E-state index contributed by atoms with van der Waals surface area (Å²) in [7, 11) is -4.22. The first-order valence-corrected chi connectivity index (χ1v) is 13.4. The van der Waals surface area contributed by atoms with Gasteiger partial charge in [-0.05, 0) is 41.3 Å². The predicted molar refractivity (Wildman–Crippen MR) is 138 cm³/mol. The van der Waals surface area contributed by atoms with E-state index in [0.29, 0.717) is 17.7 Å². The molecule has 0 bridgehead atoms. The summed E-state index contributed by atoms with van der Waals surface area (Å²) in [6.07, 6.45) is 2.83. The second kappa shape index (κ2) is 10.9. The lowest BCUT2D eigenvalue weighted by Crippen LogP contribution is -2.40. The van der Waals surface area contributed by atoms with Crippen molar-refractivity contribution in [2.75, 3.05) is 7.11 Å². The number of nitrogens with one attached hydrogen (secondary N) is 1. The van der Waals surface area contributed by atoms with E-state index in [0.717, 1.165) is 52.2 Å². The molecule has 1 amide bonds. The molecular weight excluding hydrogens is 519 g/mol. The monoisotopic (exact) mass is 545 g/mol. The molecule has 0 unspecified atom stereocenters. The molecule has 4 aromatic rings. The number of hydrogen-bond donors (Lipinski definition) is 1. The van der Waals surface area contributed by atoms with E-state index < -0.39 is 21.4 Å². The van der Waals surface area contributed by atoms with E-state index in [4.69, 9.17) is 9.72 Å². The fraction of sp³-hybridized carbons (Fsp3) is 0.259. The third kappa shape index (κ3) is 5.67. The number of alkyl halides is 3. The average Bonchev–Trinajstić information content (AvgIpc) is 3.23. The summed E-state index contributed by atoms with van der Waals surface area (Å²) in [4.78, 5) is 17.3. The van der Waals surface area contributed by atoms with Crippen molar-refractivity contribution >= 4 is 27.0 Å². The number of hydrogen-bond acceptors (Lipinski definition) is 5. The highest BCUT2D eigenvalue weighted by atomic mass is 32.2. The molecule has 1 heterocycles. The number of aryl methyl sites for hydroxylation is 1. The van der Waals surface area contributed by atoms with E-state index in [-0.39, 0.29) is 5.56 Å². The highest BCUT2D eigenvalue weighted by Gasteiger charge is 2.47. The lowest BCUT2D eigenvalue weighted by atomic mass is 9.98. The van der Waals surface area contributed by atoms with Gasteiger partial charge in [-0.15, -0.1) is 0 Å². The number of methoxy groups -OCH3 is 1. The predicted octanol–water partition coefficient (Wildman–Crippen LogP) is 5.68. The van der Waals surface area contributed by atoms with E-state index in [1.807, 2.05) is 30.3 Å². The van der Waals surface area contributed by atoms with E-state index in [2.05, 4.69) is 11.5 Å². The van der Waals surface area contributed by atoms with Gasteiger partial charge in [-0.25, -0.2) is 9.71 Å². The second-order valence-electron chi connectivity index (χ2n) is 8.70. The first-order chi connectivity index (χ1) is 18.0. The standard InChI is InChI=1S/C27H26F3N3O4S/c1-3-4-9-25-31-23-15-14-20(37-2)16-24(23)33(25)17-18-10-12-19(13-11-18)21-7-5-6-8-22(21)26(34)32-38(35,36)27(28,29)30/h5-8,10-16H,3-4,9,17H2,1-2H3,(H,32,34). The Morgan fingerprint density at radius 1 is 1.05 bits per heavy atom. The topological polar surface area (TPSA) is 90.3 Å². The Morgan fingerprint density at radius 2 is 1.76 bits per heavy atom. The summed E-state index contributed by atoms with van der Waals surface area (Å²) in [5.41, 5.74) is -2.20. The van der Waals surface area contributed by atoms with Crippen LogP contribution in [0.4, 0.5) is 13.2 Å². The third-order valence-electron chi connectivity index (χ3n) is 6.10. The number of imidazole rings is 1. The van der Waals surface area contributed by atoms with E-state index in [1.54, 1.807) is 31.4 Å². The van der Waals surface area contributed by atoms with Crippen molar-refractivity contribution in [3.8, 4) is 16.9 Å². The molecule has 7 nitrogen and oxygen atoms in total. The Bertz CT molecular complexity index is 1560. The van der Waals surface area contributed by atoms with Crippen LogP contribution >= 0.6 is 0 Å². The number of amides is 1. The van der Waals surface area contributed by atoms with Crippen molar-refractivity contribution in [1.29, 1.82) is 0 Å². The quantitative estimate of drug-likeness (QED) is 0.292. The Morgan fingerprint density at radius 3 is 2.42 bits per heavy atom. The van der Waals surface area contributed by atoms with Gasteiger partial charge in [-0.2, -0.15) is 21.6 Å². The van der Waals surface area contributed by atoms with Crippen LogP contribution in [0.15, 0.2) is 66.7 Å². The van der Waals surface area contributed by atoms with E-state index in [1.165, 1.54) is 12.1 Å². The van der Waals surface area contributed by atoms with Crippen molar-refractivity contribution in [2.24, 2.45) is 0 Å². The lowest BCUT2D eigenvalue weighted by molar-refractivity contribution is -0.0446. The Labute approximate surface area is 218 Å². The van der Waals surface area contributed by atoms with Crippen LogP contribution in [0.2, 0.25) is 0 Å². The molecule has 0 atom stereocenters. The molecule has 0 aliphatic rings. The van der Waals surface area contributed by atoms with Crippen LogP contribution in [-0.4, -0.2) is 36.5 Å².